The van der Waals surface area contributed by atoms with E-state index in [0.717, 1.165) is 16.7 Å². The Morgan fingerprint density at radius 3 is 2.33 bits per heavy atom. The summed E-state index contributed by atoms with van der Waals surface area (Å²) < 4.78 is 5.04. The van der Waals surface area contributed by atoms with Gasteiger partial charge < -0.3 is 15.4 Å². The molecule has 0 amide bonds. The molecule has 78 valence electrons. The van der Waals surface area contributed by atoms with E-state index in [1.54, 1.807) is 0 Å². The van der Waals surface area contributed by atoms with E-state index in [4.69, 9.17) is 10.3 Å². The van der Waals surface area contributed by atoms with Crippen LogP contribution < -0.4 is 5.73 Å². The Kier molecular flexibility index (Phi) is 2.11. The van der Waals surface area contributed by atoms with Crippen LogP contribution in [0, 0.1) is 13.8 Å². The molecule has 0 atom stereocenters. The van der Waals surface area contributed by atoms with Crippen molar-refractivity contribution < 1.29 is 9.63 Å². The van der Waals surface area contributed by atoms with Crippen LogP contribution in [0.2, 0.25) is 0 Å². The predicted octanol–water partition coefficient (Wildman–Crippen LogP) is 2.25. The Labute approximate surface area is 87.3 Å². The largest absolute Gasteiger partial charge is 0.507 e. The molecule has 2 aromatic rings. The van der Waals surface area contributed by atoms with Crippen molar-refractivity contribution in [3.05, 3.63) is 29.5 Å². The summed E-state index contributed by atoms with van der Waals surface area (Å²) in [4.78, 5) is 0. The van der Waals surface area contributed by atoms with E-state index < -0.39 is 0 Å². The van der Waals surface area contributed by atoms with Gasteiger partial charge in [0.25, 0.3) is 0 Å². The van der Waals surface area contributed by atoms with E-state index in [9.17, 15) is 5.11 Å². The Morgan fingerprint density at radius 1 is 1.27 bits per heavy atom. The fourth-order valence-corrected chi connectivity index (χ4v) is 1.55. The Balaban J connectivity index is 2.60. The number of hydrogen-bond acceptors (Lipinski definition) is 4. The molecule has 4 heteroatoms. The van der Waals surface area contributed by atoms with Crippen molar-refractivity contribution in [2.45, 2.75) is 13.8 Å². The van der Waals surface area contributed by atoms with Gasteiger partial charge in [-0.15, -0.1) is 0 Å². The molecule has 0 saturated heterocycles. The monoisotopic (exact) mass is 204 g/mol. The molecule has 0 aliphatic heterocycles. The maximum Gasteiger partial charge on any atom is 0.189 e. The number of aromatic nitrogens is 1. The zero-order chi connectivity index (χ0) is 11.0. The highest BCUT2D eigenvalue weighted by Crippen LogP contribution is 2.31. The van der Waals surface area contributed by atoms with Crippen molar-refractivity contribution in [2.24, 2.45) is 0 Å². The lowest BCUT2D eigenvalue weighted by atomic mass is 10.0. The Bertz CT molecular complexity index is 480. The molecule has 1 aromatic heterocycles. The van der Waals surface area contributed by atoms with E-state index in [0.29, 0.717) is 17.2 Å². The van der Waals surface area contributed by atoms with Gasteiger partial charge in [0.05, 0.1) is 6.20 Å². The van der Waals surface area contributed by atoms with Gasteiger partial charge in [-0.1, -0.05) is 5.16 Å². The van der Waals surface area contributed by atoms with Crippen LogP contribution in [-0.4, -0.2) is 10.3 Å². The number of nitrogen functional groups attached to an aromatic ring is 1. The average Bonchev–Trinajstić information content (AvgIpc) is 2.60. The van der Waals surface area contributed by atoms with Crippen molar-refractivity contribution in [3.63, 3.8) is 0 Å². The molecule has 3 N–H and O–H groups in total. The molecule has 2 rings (SSSR count). The third-order valence-corrected chi connectivity index (χ3v) is 2.35. The van der Waals surface area contributed by atoms with Crippen LogP contribution in [0.1, 0.15) is 11.1 Å². The molecule has 0 saturated carbocycles. The van der Waals surface area contributed by atoms with Gasteiger partial charge in [-0.3, -0.25) is 0 Å². The first-order chi connectivity index (χ1) is 7.09. The zero-order valence-corrected chi connectivity index (χ0v) is 8.61. The molecule has 1 aromatic carbocycles. The van der Waals surface area contributed by atoms with Crippen molar-refractivity contribution in [3.8, 4) is 17.1 Å². The third-order valence-electron chi connectivity index (χ3n) is 2.35. The van der Waals surface area contributed by atoms with Crippen molar-refractivity contribution in [1.82, 2.24) is 5.16 Å². The van der Waals surface area contributed by atoms with Crippen LogP contribution in [0.15, 0.2) is 22.9 Å². The lowest BCUT2D eigenvalue weighted by Crippen LogP contribution is -1.87. The van der Waals surface area contributed by atoms with E-state index in [1.807, 2.05) is 26.0 Å². The minimum Gasteiger partial charge on any atom is -0.507 e. The molecule has 15 heavy (non-hydrogen) atoms. The standard InChI is InChI=1S/C11H12N2O2/c1-6-3-8(4-7(2)10(6)14)11-9(12)5-13-15-11/h3-5,14H,12H2,1-2H3. The molecule has 4 nitrogen and oxygen atoms in total. The molecule has 0 fully saturated rings. The second kappa shape index (κ2) is 3.31. The first-order valence-corrected chi connectivity index (χ1v) is 4.60. The number of nitrogens with two attached hydrogens (primary N) is 1. The molecule has 0 spiro atoms. The number of aromatic hydroxyl groups is 1. The molecular weight excluding hydrogens is 192 g/mol. The minimum absolute atomic E-state index is 0.303. The quantitative estimate of drug-likeness (QED) is 0.747. The minimum atomic E-state index is 0.303. The van der Waals surface area contributed by atoms with Crippen LogP contribution >= 0.6 is 0 Å². The topological polar surface area (TPSA) is 72.3 Å². The highest BCUT2D eigenvalue weighted by Gasteiger charge is 2.11. The van der Waals surface area contributed by atoms with Gasteiger partial charge in [-0.2, -0.15) is 0 Å². The maximum absolute atomic E-state index is 9.62. The summed E-state index contributed by atoms with van der Waals surface area (Å²) in [7, 11) is 0. The van der Waals surface area contributed by atoms with Crippen molar-refractivity contribution in [2.75, 3.05) is 5.73 Å². The molecule has 0 aliphatic carbocycles. The van der Waals surface area contributed by atoms with Crippen LogP contribution in [0.5, 0.6) is 5.75 Å². The van der Waals surface area contributed by atoms with Crippen LogP contribution in [-0.2, 0) is 0 Å². The van der Waals surface area contributed by atoms with Crippen molar-refractivity contribution in [1.29, 1.82) is 0 Å². The lowest BCUT2D eigenvalue weighted by Gasteiger charge is -2.05. The van der Waals surface area contributed by atoms with Crippen LogP contribution in [0.3, 0.4) is 0 Å². The summed E-state index contributed by atoms with van der Waals surface area (Å²) in [5, 5.41) is 13.2. The summed E-state index contributed by atoms with van der Waals surface area (Å²) in [6.45, 7) is 3.66. The van der Waals surface area contributed by atoms with E-state index >= 15 is 0 Å². The first-order valence-electron chi connectivity index (χ1n) is 4.60. The number of phenols is 1. The van der Waals surface area contributed by atoms with Gasteiger partial charge in [0, 0.05) is 5.56 Å². The number of anilines is 1. The molecule has 1 heterocycles. The maximum atomic E-state index is 9.62. The highest BCUT2D eigenvalue weighted by atomic mass is 16.5. The van der Waals surface area contributed by atoms with E-state index in [-0.39, 0.29) is 0 Å². The molecule has 0 radical (unpaired) electrons. The number of aryl methyl sites for hydroxylation is 2. The number of benzene rings is 1. The summed E-state index contributed by atoms with van der Waals surface area (Å²) in [6, 6.07) is 3.64. The fourth-order valence-electron chi connectivity index (χ4n) is 1.55. The zero-order valence-electron chi connectivity index (χ0n) is 8.61. The van der Waals surface area contributed by atoms with Gasteiger partial charge >= 0.3 is 0 Å². The second-order valence-corrected chi connectivity index (χ2v) is 3.57. The smallest absolute Gasteiger partial charge is 0.189 e. The summed E-state index contributed by atoms with van der Waals surface area (Å²) in [6.07, 6.45) is 1.47. The van der Waals surface area contributed by atoms with E-state index in [2.05, 4.69) is 5.16 Å². The highest BCUT2D eigenvalue weighted by molar-refractivity contribution is 5.72. The van der Waals surface area contributed by atoms with Crippen LogP contribution in [0.4, 0.5) is 5.69 Å². The molecular formula is C11H12N2O2. The number of rotatable bonds is 1. The summed E-state index contributed by atoms with van der Waals surface area (Å²) >= 11 is 0. The van der Waals surface area contributed by atoms with Gasteiger partial charge in [-0.25, -0.2) is 0 Å². The van der Waals surface area contributed by atoms with Crippen LogP contribution in [0.25, 0.3) is 11.3 Å². The van der Waals surface area contributed by atoms with Crippen molar-refractivity contribution >= 4 is 5.69 Å². The van der Waals surface area contributed by atoms with Gasteiger partial charge in [0.1, 0.15) is 11.4 Å². The van der Waals surface area contributed by atoms with Gasteiger partial charge in [0.2, 0.25) is 0 Å². The average molecular weight is 204 g/mol. The van der Waals surface area contributed by atoms with Gasteiger partial charge in [0.15, 0.2) is 5.76 Å². The lowest BCUT2D eigenvalue weighted by molar-refractivity contribution is 0.432. The van der Waals surface area contributed by atoms with Gasteiger partial charge in [-0.05, 0) is 37.1 Å². The summed E-state index contributed by atoms with van der Waals surface area (Å²) in [5.41, 5.74) is 8.61. The third kappa shape index (κ3) is 1.54. The number of phenolic OH excluding ortho intramolecular Hbond substituents is 1. The normalized spacial score (nSPS) is 10.5. The first kappa shape index (κ1) is 9.58. The number of hydrogen-bond donors (Lipinski definition) is 2. The summed E-state index contributed by atoms with van der Waals surface area (Å²) in [5.74, 6) is 0.845. The SMILES string of the molecule is Cc1cc(-c2oncc2N)cc(C)c1O. The molecule has 0 bridgehead atoms. The Morgan fingerprint density at radius 2 is 1.87 bits per heavy atom. The molecule has 0 unspecified atom stereocenters. The predicted molar refractivity (Wildman–Crippen MR) is 57.5 cm³/mol. The molecule has 0 aliphatic rings. The number of nitrogens with zero attached hydrogens (tertiary/aromatic N) is 1. The van der Waals surface area contributed by atoms with E-state index in [1.165, 1.54) is 6.20 Å². The fraction of sp³-hybridized carbons (Fsp3) is 0.182. The second-order valence-electron chi connectivity index (χ2n) is 3.57. The Hall–Kier alpha value is -1.97.